The number of esters is 1. The summed E-state index contributed by atoms with van der Waals surface area (Å²) >= 11 is 0. The molecule has 0 spiro atoms. The highest BCUT2D eigenvalue weighted by molar-refractivity contribution is 7.92. The minimum atomic E-state index is -3.37. The summed E-state index contributed by atoms with van der Waals surface area (Å²) in [6.07, 6.45) is 8.54. The van der Waals surface area contributed by atoms with Gasteiger partial charge in [0.05, 0.1) is 18.6 Å². The van der Waals surface area contributed by atoms with Crippen LogP contribution in [-0.2, 0) is 24.1 Å². The van der Waals surface area contributed by atoms with Crippen LogP contribution in [0.1, 0.15) is 51.0 Å². The highest BCUT2D eigenvalue weighted by Gasteiger charge is 2.33. The second kappa shape index (κ2) is 7.86. The van der Waals surface area contributed by atoms with E-state index >= 15 is 0 Å². The molecule has 2 fully saturated rings. The molecule has 1 saturated carbocycles. The first-order chi connectivity index (χ1) is 12.0. The Balaban J connectivity index is 1.79. The fourth-order valence-electron chi connectivity index (χ4n) is 3.78. The molecular weight excluding hydrogens is 344 g/mol. The molecule has 8 heteroatoms. The van der Waals surface area contributed by atoms with Crippen molar-refractivity contribution in [2.45, 2.75) is 61.1 Å². The molecule has 0 aromatic carbocycles. The van der Waals surface area contributed by atoms with Gasteiger partial charge in [-0.3, -0.25) is 4.68 Å². The number of hydrogen-bond donors (Lipinski definition) is 0. The summed E-state index contributed by atoms with van der Waals surface area (Å²) in [5, 5.41) is 3.87. The quantitative estimate of drug-likeness (QED) is 0.713. The highest BCUT2D eigenvalue weighted by atomic mass is 32.2. The summed E-state index contributed by atoms with van der Waals surface area (Å²) in [6, 6.07) is -0.597. The average Bonchev–Trinajstić information content (AvgIpc) is 3.32. The normalized spacial score (nSPS) is 21.3. The second-order valence-electron chi connectivity index (χ2n) is 6.94. The smallest absolute Gasteiger partial charge is 0.330 e. The van der Waals surface area contributed by atoms with Gasteiger partial charge in [-0.1, -0.05) is 12.8 Å². The number of aromatic nitrogens is 2. The lowest BCUT2D eigenvalue weighted by molar-refractivity contribution is -0.145. The first kappa shape index (κ1) is 18.4. The van der Waals surface area contributed by atoms with Gasteiger partial charge in [-0.05, 0) is 38.0 Å². The maximum absolute atomic E-state index is 12.7. The fourth-order valence-corrected chi connectivity index (χ4v) is 5.56. The van der Waals surface area contributed by atoms with Crippen LogP contribution in [0.25, 0.3) is 0 Å². The Labute approximate surface area is 148 Å². The van der Waals surface area contributed by atoms with Crippen LogP contribution in [0.4, 0.5) is 0 Å². The third-order valence-electron chi connectivity index (χ3n) is 5.34. The van der Waals surface area contributed by atoms with Crippen LogP contribution in [0.2, 0.25) is 0 Å². The van der Waals surface area contributed by atoms with Gasteiger partial charge >= 0.3 is 5.97 Å². The van der Waals surface area contributed by atoms with Crippen molar-refractivity contribution in [1.82, 2.24) is 9.78 Å². The van der Waals surface area contributed by atoms with Crippen LogP contribution in [0.3, 0.4) is 0 Å². The Morgan fingerprint density at radius 1 is 1.32 bits per heavy atom. The van der Waals surface area contributed by atoms with E-state index in [-0.39, 0.29) is 16.1 Å². The fraction of sp³-hybridized carbons (Fsp3) is 0.765. The standard InChI is InChI=1S/C17H26N2O5S/c1-23-17(20)16(10-13-6-8-24-9-7-13)19-12-15(11-18-19)25(21,22)14-4-2-3-5-14/h11-14,16H,2-10H2,1H3. The lowest BCUT2D eigenvalue weighted by atomic mass is 9.92. The van der Waals surface area contributed by atoms with Gasteiger partial charge < -0.3 is 9.47 Å². The van der Waals surface area contributed by atoms with Crippen molar-refractivity contribution in [3.63, 3.8) is 0 Å². The summed E-state index contributed by atoms with van der Waals surface area (Å²) in [7, 11) is -2.03. The Bertz CT molecular complexity index is 688. The van der Waals surface area contributed by atoms with E-state index in [2.05, 4.69) is 5.10 Å². The number of hydrogen-bond acceptors (Lipinski definition) is 6. The molecule has 1 aliphatic carbocycles. The molecule has 0 bridgehead atoms. The highest BCUT2D eigenvalue weighted by Crippen LogP contribution is 2.31. The molecule has 140 valence electrons. The summed E-state index contributed by atoms with van der Waals surface area (Å²) < 4.78 is 37.2. The van der Waals surface area contributed by atoms with Gasteiger partial charge in [0, 0.05) is 19.4 Å². The van der Waals surface area contributed by atoms with Gasteiger partial charge in [0.25, 0.3) is 0 Å². The van der Waals surface area contributed by atoms with E-state index in [4.69, 9.17) is 9.47 Å². The molecule has 2 aliphatic rings. The molecule has 3 rings (SSSR count). The zero-order valence-electron chi connectivity index (χ0n) is 14.6. The number of carbonyl (C=O) groups excluding carboxylic acids is 1. The number of carbonyl (C=O) groups is 1. The lowest BCUT2D eigenvalue weighted by Gasteiger charge is -2.25. The first-order valence-corrected chi connectivity index (χ1v) is 10.5. The zero-order valence-corrected chi connectivity index (χ0v) is 15.4. The van der Waals surface area contributed by atoms with E-state index in [9.17, 15) is 13.2 Å². The van der Waals surface area contributed by atoms with Crippen LogP contribution < -0.4 is 0 Å². The molecule has 1 aromatic heterocycles. The number of nitrogens with zero attached hydrogens (tertiary/aromatic N) is 2. The van der Waals surface area contributed by atoms with Crippen molar-refractivity contribution in [3.05, 3.63) is 12.4 Å². The zero-order chi connectivity index (χ0) is 17.9. The molecule has 2 heterocycles. The van der Waals surface area contributed by atoms with Gasteiger partial charge in [0.15, 0.2) is 9.84 Å². The lowest BCUT2D eigenvalue weighted by Crippen LogP contribution is -2.27. The SMILES string of the molecule is COC(=O)C(CC1CCOCC1)n1cc(S(=O)(=O)C2CCCC2)cn1. The maximum Gasteiger partial charge on any atom is 0.330 e. The molecule has 25 heavy (non-hydrogen) atoms. The average molecular weight is 370 g/mol. The Morgan fingerprint density at radius 2 is 2.00 bits per heavy atom. The van der Waals surface area contributed by atoms with Crippen LogP contribution >= 0.6 is 0 Å². The molecule has 1 unspecified atom stereocenters. The van der Waals surface area contributed by atoms with Crippen molar-refractivity contribution >= 4 is 15.8 Å². The van der Waals surface area contributed by atoms with Crippen LogP contribution in [0.15, 0.2) is 17.3 Å². The molecule has 7 nitrogen and oxygen atoms in total. The van der Waals surface area contributed by atoms with E-state index in [1.807, 2.05) is 0 Å². The third-order valence-corrected chi connectivity index (χ3v) is 7.55. The van der Waals surface area contributed by atoms with Crippen molar-refractivity contribution in [1.29, 1.82) is 0 Å². The Hall–Kier alpha value is -1.41. The number of rotatable bonds is 6. The number of methoxy groups -OCH3 is 1. The van der Waals surface area contributed by atoms with Gasteiger partial charge in [-0.25, -0.2) is 13.2 Å². The summed E-state index contributed by atoms with van der Waals surface area (Å²) in [6.45, 7) is 1.39. The Kier molecular flexibility index (Phi) is 5.78. The van der Waals surface area contributed by atoms with Crippen LogP contribution in [0.5, 0.6) is 0 Å². The molecule has 1 atom stereocenters. The predicted octanol–water partition coefficient (Wildman–Crippen LogP) is 2.13. The van der Waals surface area contributed by atoms with Gasteiger partial charge in [-0.2, -0.15) is 5.10 Å². The van der Waals surface area contributed by atoms with Gasteiger partial charge in [0.2, 0.25) is 0 Å². The molecule has 1 saturated heterocycles. The first-order valence-electron chi connectivity index (χ1n) is 8.96. The number of ether oxygens (including phenoxy) is 2. The Morgan fingerprint density at radius 3 is 2.64 bits per heavy atom. The van der Waals surface area contributed by atoms with E-state index in [1.165, 1.54) is 24.2 Å². The topological polar surface area (TPSA) is 87.5 Å². The summed E-state index contributed by atoms with van der Waals surface area (Å²) in [5.41, 5.74) is 0. The summed E-state index contributed by atoms with van der Waals surface area (Å²) in [5.74, 6) is -0.0451. The van der Waals surface area contributed by atoms with Crippen molar-refractivity contribution in [2.24, 2.45) is 5.92 Å². The molecule has 0 radical (unpaired) electrons. The van der Waals surface area contributed by atoms with E-state index in [1.54, 1.807) is 0 Å². The largest absolute Gasteiger partial charge is 0.467 e. The monoisotopic (exact) mass is 370 g/mol. The van der Waals surface area contributed by atoms with Crippen molar-refractivity contribution in [2.75, 3.05) is 20.3 Å². The molecule has 0 N–H and O–H groups in total. The second-order valence-corrected chi connectivity index (χ2v) is 9.17. The molecule has 1 aliphatic heterocycles. The van der Waals surface area contributed by atoms with Crippen molar-refractivity contribution in [3.8, 4) is 0 Å². The minimum absolute atomic E-state index is 0.209. The van der Waals surface area contributed by atoms with E-state index < -0.39 is 15.9 Å². The molecular formula is C17H26N2O5S. The van der Waals surface area contributed by atoms with Gasteiger partial charge in [-0.15, -0.1) is 0 Å². The van der Waals surface area contributed by atoms with Crippen LogP contribution in [-0.4, -0.2) is 49.7 Å². The molecule has 1 aromatic rings. The summed E-state index contributed by atoms with van der Waals surface area (Å²) in [4.78, 5) is 12.4. The molecule has 0 amide bonds. The van der Waals surface area contributed by atoms with E-state index in [0.29, 0.717) is 38.4 Å². The van der Waals surface area contributed by atoms with Crippen molar-refractivity contribution < 1.29 is 22.7 Å². The van der Waals surface area contributed by atoms with Gasteiger partial charge in [0.1, 0.15) is 10.9 Å². The number of sulfone groups is 1. The predicted molar refractivity (Wildman–Crippen MR) is 90.9 cm³/mol. The van der Waals surface area contributed by atoms with Crippen LogP contribution in [0, 0.1) is 5.92 Å². The van der Waals surface area contributed by atoms with E-state index in [0.717, 1.165) is 25.7 Å². The minimum Gasteiger partial charge on any atom is -0.467 e. The maximum atomic E-state index is 12.7. The third kappa shape index (κ3) is 4.06.